The van der Waals surface area contributed by atoms with Gasteiger partial charge in [-0.15, -0.1) is 0 Å². The highest BCUT2D eigenvalue weighted by molar-refractivity contribution is 7.66. The summed E-state index contributed by atoms with van der Waals surface area (Å²) < 4.78 is 0. The number of hydrogen-bond acceptors (Lipinski definition) is 0. The van der Waals surface area contributed by atoms with Crippen molar-refractivity contribution in [2.24, 2.45) is 0 Å². The van der Waals surface area contributed by atoms with Crippen molar-refractivity contribution < 1.29 is 0 Å². The second-order valence-corrected chi connectivity index (χ2v) is 7.12. The first-order valence-corrected chi connectivity index (χ1v) is 7.91. The fraction of sp³-hybridized carbons (Fsp3) is 0.250. The Balaban J connectivity index is 1.91. The van der Waals surface area contributed by atoms with E-state index in [-0.39, 0.29) is 7.92 Å². The van der Waals surface area contributed by atoms with Crippen LogP contribution in [0.15, 0.2) is 60.7 Å². The molecule has 2 atom stereocenters. The lowest BCUT2D eigenvalue weighted by molar-refractivity contribution is 0.827. The molecular formula is C16H17P. The van der Waals surface area contributed by atoms with Crippen LogP contribution in [0.25, 0.3) is 0 Å². The minimum atomic E-state index is 0.0201. The van der Waals surface area contributed by atoms with Gasteiger partial charge in [0.1, 0.15) is 0 Å². The van der Waals surface area contributed by atoms with Crippen LogP contribution in [-0.2, 0) is 0 Å². The van der Waals surface area contributed by atoms with Crippen LogP contribution < -0.4 is 5.30 Å². The number of hydrogen-bond donors (Lipinski definition) is 0. The van der Waals surface area contributed by atoms with Gasteiger partial charge in [-0.2, -0.15) is 0 Å². The second kappa shape index (κ2) is 5.02. The topological polar surface area (TPSA) is 0 Å². The van der Waals surface area contributed by atoms with Crippen molar-refractivity contribution in [3.63, 3.8) is 0 Å². The van der Waals surface area contributed by atoms with Crippen LogP contribution in [0.3, 0.4) is 0 Å². The van der Waals surface area contributed by atoms with Crippen LogP contribution in [0, 0.1) is 0 Å². The average Bonchev–Trinajstić information content (AvgIpc) is 2.90. The first-order chi connectivity index (χ1) is 8.45. The minimum absolute atomic E-state index is 0.0201. The van der Waals surface area contributed by atoms with E-state index in [1.807, 2.05) is 0 Å². The molecule has 1 heteroatoms. The molecule has 0 aromatic heterocycles. The Morgan fingerprint density at radius 3 is 2.18 bits per heavy atom. The van der Waals surface area contributed by atoms with Crippen LogP contribution >= 0.6 is 7.92 Å². The van der Waals surface area contributed by atoms with Crippen molar-refractivity contribution in [1.82, 2.24) is 0 Å². The summed E-state index contributed by atoms with van der Waals surface area (Å²) in [6.07, 6.45) is 4.16. The van der Waals surface area contributed by atoms with Crippen LogP contribution in [0.2, 0.25) is 0 Å². The Hall–Kier alpha value is -1.13. The fourth-order valence-electron chi connectivity index (χ4n) is 2.72. The molecule has 1 unspecified atom stereocenters. The molecule has 86 valence electrons. The van der Waals surface area contributed by atoms with Gasteiger partial charge in [-0.3, -0.25) is 0 Å². The molecule has 3 rings (SSSR count). The molecule has 0 spiro atoms. The van der Waals surface area contributed by atoms with E-state index in [4.69, 9.17) is 0 Å². The Morgan fingerprint density at radius 2 is 1.47 bits per heavy atom. The van der Waals surface area contributed by atoms with Gasteiger partial charge in [-0.05, 0) is 29.9 Å². The molecule has 2 aromatic carbocycles. The fourth-order valence-corrected chi connectivity index (χ4v) is 5.75. The van der Waals surface area contributed by atoms with Crippen LogP contribution in [0.1, 0.15) is 24.1 Å². The molecule has 17 heavy (non-hydrogen) atoms. The van der Waals surface area contributed by atoms with Crippen LogP contribution in [-0.4, -0.2) is 6.16 Å². The van der Waals surface area contributed by atoms with Gasteiger partial charge in [0.15, 0.2) is 0 Å². The molecule has 1 aliphatic heterocycles. The van der Waals surface area contributed by atoms with Gasteiger partial charge in [0.2, 0.25) is 0 Å². The van der Waals surface area contributed by atoms with E-state index in [2.05, 4.69) is 60.7 Å². The predicted octanol–water partition coefficient (Wildman–Crippen LogP) is 4.33. The third-order valence-corrected chi connectivity index (χ3v) is 6.59. The quantitative estimate of drug-likeness (QED) is 0.685. The van der Waals surface area contributed by atoms with Crippen LogP contribution in [0.4, 0.5) is 0 Å². The summed E-state index contributed by atoms with van der Waals surface area (Å²) >= 11 is 0. The lowest BCUT2D eigenvalue weighted by Crippen LogP contribution is -2.04. The van der Waals surface area contributed by atoms with E-state index in [0.29, 0.717) is 0 Å². The van der Waals surface area contributed by atoms with E-state index in [1.165, 1.54) is 19.0 Å². The van der Waals surface area contributed by atoms with Crippen LogP contribution in [0.5, 0.6) is 0 Å². The normalized spacial score (nSPS) is 23.8. The van der Waals surface area contributed by atoms with E-state index in [9.17, 15) is 0 Å². The van der Waals surface area contributed by atoms with E-state index in [1.54, 1.807) is 10.9 Å². The molecular weight excluding hydrogens is 223 g/mol. The van der Waals surface area contributed by atoms with Gasteiger partial charge in [-0.1, -0.05) is 68.6 Å². The lowest BCUT2D eigenvalue weighted by atomic mass is 10.1. The van der Waals surface area contributed by atoms with Gasteiger partial charge in [-0.25, -0.2) is 0 Å². The first-order valence-electron chi connectivity index (χ1n) is 6.32. The largest absolute Gasteiger partial charge is 0.0677 e. The Kier molecular flexibility index (Phi) is 3.25. The third-order valence-electron chi connectivity index (χ3n) is 3.52. The van der Waals surface area contributed by atoms with Gasteiger partial charge in [0, 0.05) is 5.66 Å². The second-order valence-electron chi connectivity index (χ2n) is 4.60. The van der Waals surface area contributed by atoms with Crippen molar-refractivity contribution in [3.05, 3.63) is 66.2 Å². The molecule has 0 aliphatic carbocycles. The third kappa shape index (κ3) is 2.28. The molecule has 0 saturated carbocycles. The number of benzene rings is 2. The molecule has 1 aliphatic rings. The molecule has 0 amide bonds. The molecule has 0 N–H and O–H groups in total. The SMILES string of the molecule is c1ccc(C2CCC[P@]2c2ccccc2)cc1. The molecule has 0 radical (unpaired) electrons. The highest BCUT2D eigenvalue weighted by Crippen LogP contribution is 2.58. The maximum Gasteiger partial charge on any atom is 0.00820 e. The summed E-state index contributed by atoms with van der Waals surface area (Å²) in [6.45, 7) is 0. The smallest absolute Gasteiger partial charge is 0.00820 e. The van der Waals surface area contributed by atoms with E-state index < -0.39 is 0 Å². The molecule has 1 heterocycles. The van der Waals surface area contributed by atoms with Crippen molar-refractivity contribution in [2.75, 3.05) is 6.16 Å². The highest BCUT2D eigenvalue weighted by atomic mass is 31.1. The Morgan fingerprint density at radius 1 is 0.824 bits per heavy atom. The summed E-state index contributed by atoms with van der Waals surface area (Å²) in [5.74, 6) is 0. The predicted molar refractivity (Wildman–Crippen MR) is 76.3 cm³/mol. The highest BCUT2D eigenvalue weighted by Gasteiger charge is 2.28. The average molecular weight is 240 g/mol. The monoisotopic (exact) mass is 240 g/mol. The Bertz CT molecular complexity index is 418. The zero-order valence-corrected chi connectivity index (χ0v) is 10.8. The van der Waals surface area contributed by atoms with Gasteiger partial charge in [0.25, 0.3) is 0 Å². The molecule has 0 nitrogen and oxygen atoms in total. The zero-order chi connectivity index (χ0) is 11.5. The molecule has 1 saturated heterocycles. The summed E-state index contributed by atoms with van der Waals surface area (Å²) in [4.78, 5) is 0. The molecule has 1 fully saturated rings. The lowest BCUT2D eigenvalue weighted by Gasteiger charge is -2.21. The van der Waals surface area contributed by atoms with Crippen molar-refractivity contribution >= 4 is 13.2 Å². The summed E-state index contributed by atoms with van der Waals surface area (Å²) in [5.41, 5.74) is 2.33. The van der Waals surface area contributed by atoms with Crippen molar-refractivity contribution in [2.45, 2.75) is 18.5 Å². The molecule has 2 aromatic rings. The first kappa shape index (κ1) is 11.0. The standard InChI is InChI=1S/C16H17P/c1-3-8-14(9-4-1)16-12-7-13-17(16)15-10-5-2-6-11-15/h1-6,8-11,16H,7,12-13H2/t16?,17-/m1/s1. The van der Waals surface area contributed by atoms with Crippen molar-refractivity contribution in [3.8, 4) is 0 Å². The summed E-state index contributed by atoms with van der Waals surface area (Å²) in [5, 5.41) is 1.58. The van der Waals surface area contributed by atoms with Crippen molar-refractivity contribution in [1.29, 1.82) is 0 Å². The van der Waals surface area contributed by atoms with E-state index >= 15 is 0 Å². The molecule has 0 bridgehead atoms. The maximum absolute atomic E-state index is 2.31. The zero-order valence-electron chi connectivity index (χ0n) is 9.92. The van der Waals surface area contributed by atoms with Gasteiger partial charge < -0.3 is 0 Å². The maximum atomic E-state index is 2.31. The van der Waals surface area contributed by atoms with Gasteiger partial charge >= 0.3 is 0 Å². The minimum Gasteiger partial charge on any atom is -0.0677 e. The number of rotatable bonds is 2. The Labute approximate surface area is 104 Å². The summed E-state index contributed by atoms with van der Waals surface area (Å²) in [6, 6.07) is 22.2. The summed E-state index contributed by atoms with van der Waals surface area (Å²) in [7, 11) is 0.0201. The van der Waals surface area contributed by atoms with E-state index in [0.717, 1.165) is 5.66 Å². The van der Waals surface area contributed by atoms with Gasteiger partial charge in [0.05, 0.1) is 0 Å².